The molecule has 4 aromatic rings. The Balaban J connectivity index is 1.26. The number of rotatable bonds is 8. The number of phosphoric ester groups is 1. The van der Waals surface area contributed by atoms with Gasteiger partial charge in [-0.1, -0.05) is 36.4 Å². The Morgan fingerprint density at radius 1 is 0.947 bits per heavy atom. The van der Waals surface area contributed by atoms with Gasteiger partial charge in [-0.05, 0) is 38.1 Å². The highest BCUT2D eigenvalue weighted by Gasteiger charge is 2.56. The van der Waals surface area contributed by atoms with E-state index in [2.05, 4.69) is 15.0 Å². The molecule has 198 valence electrons. The number of hydrogen-bond donors (Lipinski definition) is 1. The highest BCUT2D eigenvalue weighted by Crippen LogP contribution is 2.51. The first kappa shape index (κ1) is 24.8. The van der Waals surface area contributed by atoms with Crippen LogP contribution in [0.15, 0.2) is 73.3 Å². The quantitative estimate of drug-likeness (QED) is 0.323. The van der Waals surface area contributed by atoms with E-state index in [9.17, 15) is 4.57 Å². The van der Waals surface area contributed by atoms with E-state index in [-0.39, 0.29) is 12.4 Å². The number of ether oxygens (including phenoxy) is 3. The van der Waals surface area contributed by atoms with E-state index < -0.39 is 38.1 Å². The second-order valence-corrected chi connectivity index (χ2v) is 10.8. The Hall–Kier alpha value is -3.54. The number of nitrogen functional groups attached to an aromatic ring is 1. The minimum atomic E-state index is -4.14. The molecule has 6 rings (SSSR count). The standard InChI is InChI=1S/C25H26N5O7P/c1-25(2)34-20-18(33-24(21(20)35-25)30-15-29-19-22(26)27-14-28-23(19)30)13-32-38(31,36-16-9-5-3-6-10-16)37-17-11-7-4-8-12-17/h3-12,14-15,18,20-21,24H,13H2,1-2H3,(H2,26,27,28)/t18-,20-,21-,24-/m1/s1. The summed E-state index contributed by atoms with van der Waals surface area (Å²) in [4.78, 5) is 12.6. The molecule has 38 heavy (non-hydrogen) atoms. The fourth-order valence-corrected chi connectivity index (χ4v) is 5.76. The third-order valence-electron chi connectivity index (χ3n) is 6.10. The number of benzene rings is 2. The lowest BCUT2D eigenvalue weighted by Crippen LogP contribution is -2.33. The van der Waals surface area contributed by atoms with Crippen molar-refractivity contribution < 1.29 is 32.3 Å². The molecule has 2 fully saturated rings. The Labute approximate surface area is 218 Å². The number of phosphoric acid groups is 1. The first-order chi connectivity index (χ1) is 18.3. The molecule has 2 aliphatic rings. The maximum absolute atomic E-state index is 13.8. The monoisotopic (exact) mass is 539 g/mol. The molecule has 12 nitrogen and oxygen atoms in total. The Morgan fingerprint density at radius 3 is 2.24 bits per heavy atom. The number of anilines is 1. The molecule has 2 aromatic heterocycles. The summed E-state index contributed by atoms with van der Waals surface area (Å²) in [6.07, 6.45) is 0.494. The normalized spacial score (nSPS) is 24.4. The number of para-hydroxylation sites is 2. The summed E-state index contributed by atoms with van der Waals surface area (Å²) < 4.78 is 51.5. The summed E-state index contributed by atoms with van der Waals surface area (Å²) in [7, 11) is -4.14. The predicted molar refractivity (Wildman–Crippen MR) is 135 cm³/mol. The molecule has 0 spiro atoms. The largest absolute Gasteiger partial charge is 0.587 e. The van der Waals surface area contributed by atoms with E-state index in [0.29, 0.717) is 22.7 Å². The molecule has 0 radical (unpaired) electrons. The average Bonchev–Trinajstić information content (AvgIpc) is 3.55. The summed E-state index contributed by atoms with van der Waals surface area (Å²) in [6, 6.07) is 17.3. The van der Waals surface area contributed by atoms with Gasteiger partial charge in [0.25, 0.3) is 0 Å². The molecule has 4 heterocycles. The van der Waals surface area contributed by atoms with Crippen molar-refractivity contribution >= 4 is 24.8 Å². The lowest BCUT2D eigenvalue weighted by atomic mass is 10.1. The highest BCUT2D eigenvalue weighted by molar-refractivity contribution is 7.49. The minimum absolute atomic E-state index is 0.169. The summed E-state index contributed by atoms with van der Waals surface area (Å²) >= 11 is 0. The molecule has 4 atom stereocenters. The van der Waals surface area contributed by atoms with Gasteiger partial charge in [0, 0.05) is 0 Å². The van der Waals surface area contributed by atoms with Gasteiger partial charge in [0.2, 0.25) is 0 Å². The van der Waals surface area contributed by atoms with E-state index in [0.717, 1.165) is 0 Å². The SMILES string of the molecule is CC1(C)O[C@@H]2[C@H](O1)[C@@H](COP(=O)(Oc1ccccc1)Oc1ccccc1)O[C@H]2n1cnc2c(N)ncnc21. The molecular weight excluding hydrogens is 513 g/mol. The summed E-state index contributed by atoms with van der Waals surface area (Å²) in [5, 5.41) is 0. The van der Waals surface area contributed by atoms with Gasteiger partial charge in [0.05, 0.1) is 12.9 Å². The zero-order valence-electron chi connectivity index (χ0n) is 20.6. The molecule has 2 aromatic carbocycles. The molecular formula is C25H26N5O7P. The van der Waals surface area contributed by atoms with Gasteiger partial charge in [-0.25, -0.2) is 19.5 Å². The Kier molecular flexibility index (Phi) is 6.29. The van der Waals surface area contributed by atoms with Gasteiger partial charge in [-0.3, -0.25) is 9.09 Å². The van der Waals surface area contributed by atoms with Crippen LogP contribution in [-0.2, 0) is 23.3 Å². The van der Waals surface area contributed by atoms with Crippen molar-refractivity contribution in [2.75, 3.05) is 12.3 Å². The van der Waals surface area contributed by atoms with E-state index in [1.54, 1.807) is 59.4 Å². The first-order valence-corrected chi connectivity index (χ1v) is 13.4. The zero-order valence-corrected chi connectivity index (χ0v) is 21.5. The highest BCUT2D eigenvalue weighted by atomic mass is 31.2. The van der Waals surface area contributed by atoms with Crippen LogP contribution in [0.4, 0.5) is 5.82 Å². The van der Waals surface area contributed by atoms with Gasteiger partial charge in [-0.2, -0.15) is 0 Å². The number of nitrogens with zero attached hydrogens (tertiary/aromatic N) is 4. The van der Waals surface area contributed by atoms with Crippen LogP contribution >= 0.6 is 7.82 Å². The van der Waals surface area contributed by atoms with Crippen molar-refractivity contribution in [1.82, 2.24) is 19.5 Å². The van der Waals surface area contributed by atoms with Crippen LogP contribution in [0.2, 0.25) is 0 Å². The molecule has 0 bridgehead atoms. The van der Waals surface area contributed by atoms with Crippen molar-refractivity contribution in [2.45, 2.75) is 44.2 Å². The van der Waals surface area contributed by atoms with Crippen molar-refractivity contribution in [1.29, 1.82) is 0 Å². The van der Waals surface area contributed by atoms with Crippen molar-refractivity contribution in [3.8, 4) is 11.5 Å². The number of hydrogen-bond acceptors (Lipinski definition) is 11. The maximum atomic E-state index is 13.8. The number of aromatic nitrogens is 4. The molecule has 0 amide bonds. The topological polar surface area (TPSA) is 142 Å². The van der Waals surface area contributed by atoms with E-state index in [4.69, 9.17) is 33.5 Å². The Morgan fingerprint density at radius 2 is 1.58 bits per heavy atom. The molecule has 2 aliphatic heterocycles. The summed E-state index contributed by atoms with van der Waals surface area (Å²) in [5.74, 6) is 0.0338. The van der Waals surface area contributed by atoms with E-state index >= 15 is 0 Å². The lowest BCUT2D eigenvalue weighted by molar-refractivity contribution is -0.199. The van der Waals surface area contributed by atoms with Crippen LogP contribution in [0.3, 0.4) is 0 Å². The van der Waals surface area contributed by atoms with Crippen molar-refractivity contribution in [2.24, 2.45) is 0 Å². The van der Waals surface area contributed by atoms with Gasteiger partial charge in [0.1, 0.15) is 41.7 Å². The summed E-state index contributed by atoms with van der Waals surface area (Å²) in [5.41, 5.74) is 6.90. The molecule has 2 saturated heterocycles. The van der Waals surface area contributed by atoms with Crippen LogP contribution in [0.25, 0.3) is 11.2 Å². The van der Waals surface area contributed by atoms with Crippen LogP contribution in [0, 0.1) is 0 Å². The van der Waals surface area contributed by atoms with Gasteiger partial charge >= 0.3 is 7.82 Å². The molecule has 0 unspecified atom stereocenters. The number of nitrogens with two attached hydrogens (primary N) is 1. The average molecular weight is 539 g/mol. The van der Waals surface area contributed by atoms with Crippen molar-refractivity contribution in [3.63, 3.8) is 0 Å². The second kappa shape index (κ2) is 9.64. The van der Waals surface area contributed by atoms with Gasteiger partial charge in [0.15, 0.2) is 23.5 Å². The second-order valence-electron chi connectivity index (χ2n) is 9.26. The van der Waals surface area contributed by atoms with Crippen LogP contribution in [0.1, 0.15) is 20.1 Å². The first-order valence-electron chi connectivity index (χ1n) is 12.0. The predicted octanol–water partition coefficient (Wildman–Crippen LogP) is 4.11. The van der Waals surface area contributed by atoms with Crippen LogP contribution in [-0.4, -0.2) is 50.2 Å². The van der Waals surface area contributed by atoms with Crippen LogP contribution in [0.5, 0.6) is 11.5 Å². The van der Waals surface area contributed by atoms with Gasteiger partial charge in [-0.15, -0.1) is 0 Å². The number of imidazole rings is 1. The lowest BCUT2D eigenvalue weighted by Gasteiger charge is -2.25. The molecule has 13 heteroatoms. The Bertz CT molecular complexity index is 1420. The maximum Gasteiger partial charge on any atom is 0.587 e. The fourth-order valence-electron chi connectivity index (χ4n) is 4.53. The van der Waals surface area contributed by atoms with E-state index in [1.807, 2.05) is 26.0 Å². The third kappa shape index (κ3) is 4.84. The zero-order chi connectivity index (χ0) is 26.3. The van der Waals surface area contributed by atoms with E-state index in [1.165, 1.54) is 6.33 Å². The van der Waals surface area contributed by atoms with Gasteiger partial charge < -0.3 is 29.0 Å². The molecule has 2 N–H and O–H groups in total. The molecule has 0 saturated carbocycles. The summed E-state index contributed by atoms with van der Waals surface area (Å²) in [6.45, 7) is 3.46. The number of fused-ring (bicyclic) bond motifs is 2. The molecule has 0 aliphatic carbocycles. The third-order valence-corrected chi connectivity index (χ3v) is 7.44. The van der Waals surface area contributed by atoms with Crippen LogP contribution < -0.4 is 14.8 Å². The smallest absolute Gasteiger partial charge is 0.395 e. The van der Waals surface area contributed by atoms with Crippen molar-refractivity contribution in [3.05, 3.63) is 73.3 Å². The fraction of sp³-hybridized carbons (Fsp3) is 0.320. The minimum Gasteiger partial charge on any atom is -0.395 e.